The van der Waals surface area contributed by atoms with Crippen molar-refractivity contribution >= 4 is 15.9 Å². The molecule has 2 nitrogen and oxygen atoms in total. The Balaban J connectivity index is 2.32. The third kappa shape index (κ3) is 2.17. The second-order valence-corrected chi connectivity index (χ2v) is 4.20. The summed E-state index contributed by atoms with van der Waals surface area (Å²) in [7, 11) is 0. The van der Waals surface area contributed by atoms with Crippen LogP contribution in [0.4, 0.5) is 0 Å². The van der Waals surface area contributed by atoms with Crippen molar-refractivity contribution in [2.45, 2.75) is 6.42 Å². The molecule has 0 N–H and O–H groups in total. The molecule has 3 heteroatoms. The van der Waals surface area contributed by atoms with Gasteiger partial charge in [0, 0.05) is 10.9 Å². The van der Waals surface area contributed by atoms with E-state index < -0.39 is 0 Å². The van der Waals surface area contributed by atoms with Crippen LogP contribution in [0.25, 0.3) is 11.1 Å². The Hall–Kier alpha value is -1.53. The van der Waals surface area contributed by atoms with Gasteiger partial charge in [-0.05, 0) is 23.6 Å². The summed E-state index contributed by atoms with van der Waals surface area (Å²) in [5, 5.41) is 9.82. The lowest BCUT2D eigenvalue weighted by atomic mass is 10.0. The van der Waals surface area contributed by atoms with Crippen LogP contribution in [0.5, 0.6) is 0 Å². The molecule has 80 valence electrons. The summed E-state index contributed by atoms with van der Waals surface area (Å²) >= 11 is 3.41. The van der Waals surface area contributed by atoms with E-state index in [1.54, 1.807) is 6.26 Å². The Labute approximate surface area is 103 Å². The van der Waals surface area contributed by atoms with E-state index in [0.29, 0.717) is 5.76 Å². The SMILES string of the molecule is N#Cc1occc1-c1ccc(CCBr)cc1. The molecule has 0 saturated carbocycles. The number of alkyl halides is 1. The second-order valence-electron chi connectivity index (χ2n) is 3.41. The van der Waals surface area contributed by atoms with Crippen molar-refractivity contribution in [1.29, 1.82) is 5.26 Å². The zero-order valence-corrected chi connectivity index (χ0v) is 10.2. The Morgan fingerprint density at radius 3 is 2.56 bits per heavy atom. The molecule has 0 fully saturated rings. The van der Waals surface area contributed by atoms with E-state index in [1.165, 1.54) is 5.56 Å². The number of hydrogen-bond donors (Lipinski definition) is 0. The maximum absolute atomic E-state index is 8.86. The van der Waals surface area contributed by atoms with Gasteiger partial charge in [0.15, 0.2) is 0 Å². The fourth-order valence-electron chi connectivity index (χ4n) is 1.58. The monoisotopic (exact) mass is 275 g/mol. The highest BCUT2D eigenvalue weighted by Crippen LogP contribution is 2.24. The van der Waals surface area contributed by atoms with Gasteiger partial charge in [0.1, 0.15) is 6.07 Å². The fourth-order valence-corrected chi connectivity index (χ4v) is 2.04. The number of rotatable bonds is 3. The lowest BCUT2D eigenvalue weighted by Crippen LogP contribution is -1.85. The van der Waals surface area contributed by atoms with Crippen LogP contribution in [-0.4, -0.2) is 5.33 Å². The molecule has 0 radical (unpaired) electrons. The quantitative estimate of drug-likeness (QED) is 0.800. The lowest BCUT2D eigenvalue weighted by molar-refractivity contribution is 0.553. The van der Waals surface area contributed by atoms with Crippen LogP contribution in [0.2, 0.25) is 0 Å². The summed E-state index contributed by atoms with van der Waals surface area (Å²) in [6.07, 6.45) is 2.55. The summed E-state index contributed by atoms with van der Waals surface area (Å²) in [6.45, 7) is 0. The largest absolute Gasteiger partial charge is 0.453 e. The minimum atomic E-state index is 0.369. The normalized spacial score (nSPS) is 10.0. The van der Waals surface area contributed by atoms with E-state index in [-0.39, 0.29) is 0 Å². The lowest BCUT2D eigenvalue weighted by Gasteiger charge is -2.01. The number of hydrogen-bond acceptors (Lipinski definition) is 2. The van der Waals surface area contributed by atoms with Crippen LogP contribution in [0.3, 0.4) is 0 Å². The first-order valence-electron chi connectivity index (χ1n) is 4.98. The summed E-state index contributed by atoms with van der Waals surface area (Å²) < 4.78 is 5.08. The molecule has 0 aliphatic heterocycles. The first-order valence-corrected chi connectivity index (χ1v) is 6.10. The molecule has 2 aromatic rings. The van der Waals surface area contributed by atoms with E-state index in [4.69, 9.17) is 9.68 Å². The van der Waals surface area contributed by atoms with Crippen molar-refractivity contribution in [3.8, 4) is 17.2 Å². The number of benzene rings is 1. The standard InChI is InChI=1S/C13H10BrNO/c14-7-5-10-1-3-11(4-2-10)12-6-8-16-13(12)9-15/h1-4,6,8H,5,7H2. The molecule has 0 aliphatic carbocycles. The van der Waals surface area contributed by atoms with Gasteiger partial charge in [0.25, 0.3) is 0 Å². The summed E-state index contributed by atoms with van der Waals surface area (Å²) in [4.78, 5) is 0. The third-order valence-corrected chi connectivity index (χ3v) is 2.81. The molecule has 0 bridgehead atoms. The minimum Gasteiger partial charge on any atom is -0.453 e. The van der Waals surface area contributed by atoms with Crippen molar-refractivity contribution in [2.75, 3.05) is 5.33 Å². The van der Waals surface area contributed by atoms with Crippen LogP contribution >= 0.6 is 15.9 Å². The van der Waals surface area contributed by atoms with Crippen molar-refractivity contribution < 1.29 is 4.42 Å². The Morgan fingerprint density at radius 2 is 1.94 bits per heavy atom. The first-order chi connectivity index (χ1) is 7.85. The average molecular weight is 276 g/mol. The molecule has 16 heavy (non-hydrogen) atoms. The molecule has 0 unspecified atom stereocenters. The van der Waals surface area contributed by atoms with Gasteiger partial charge in [-0.3, -0.25) is 0 Å². The molecule has 1 heterocycles. The maximum Gasteiger partial charge on any atom is 0.211 e. The zero-order chi connectivity index (χ0) is 11.4. The van der Waals surface area contributed by atoms with Crippen molar-refractivity contribution in [3.05, 3.63) is 47.9 Å². The molecule has 0 spiro atoms. The number of nitrogens with zero attached hydrogens (tertiary/aromatic N) is 1. The first kappa shape index (κ1) is 11.0. The molecule has 1 aromatic heterocycles. The molecule has 2 rings (SSSR count). The van der Waals surface area contributed by atoms with Gasteiger partial charge in [-0.1, -0.05) is 40.2 Å². The predicted molar refractivity (Wildman–Crippen MR) is 66.4 cm³/mol. The van der Waals surface area contributed by atoms with E-state index in [1.807, 2.05) is 24.3 Å². The van der Waals surface area contributed by atoms with Gasteiger partial charge in [-0.2, -0.15) is 5.26 Å². The minimum absolute atomic E-state index is 0.369. The molecule has 1 aromatic carbocycles. The predicted octanol–water partition coefficient (Wildman–Crippen LogP) is 3.76. The van der Waals surface area contributed by atoms with Crippen LogP contribution in [0.1, 0.15) is 11.3 Å². The molecular formula is C13H10BrNO. The van der Waals surface area contributed by atoms with Crippen molar-refractivity contribution in [3.63, 3.8) is 0 Å². The summed E-state index contributed by atoms with van der Waals surface area (Å²) in [6, 6.07) is 12.0. The smallest absolute Gasteiger partial charge is 0.211 e. The van der Waals surface area contributed by atoms with Crippen molar-refractivity contribution in [2.24, 2.45) is 0 Å². The van der Waals surface area contributed by atoms with E-state index >= 15 is 0 Å². The molecule has 0 saturated heterocycles. The summed E-state index contributed by atoms with van der Waals surface area (Å²) in [5.74, 6) is 0.369. The van der Waals surface area contributed by atoms with Gasteiger partial charge in [-0.15, -0.1) is 0 Å². The van der Waals surface area contributed by atoms with Crippen LogP contribution < -0.4 is 0 Å². The highest BCUT2D eigenvalue weighted by atomic mass is 79.9. The molecule has 0 aliphatic rings. The Bertz CT molecular complexity index is 507. The van der Waals surface area contributed by atoms with Gasteiger partial charge >= 0.3 is 0 Å². The Morgan fingerprint density at radius 1 is 1.19 bits per heavy atom. The molecule has 0 amide bonds. The Kier molecular flexibility index (Phi) is 3.43. The number of nitriles is 1. The molecular weight excluding hydrogens is 266 g/mol. The average Bonchev–Trinajstić information content (AvgIpc) is 2.78. The number of aryl methyl sites for hydroxylation is 1. The topological polar surface area (TPSA) is 36.9 Å². The van der Waals surface area contributed by atoms with E-state index in [0.717, 1.165) is 22.9 Å². The fraction of sp³-hybridized carbons (Fsp3) is 0.154. The number of furan rings is 1. The van der Waals surface area contributed by atoms with Gasteiger partial charge in [0.05, 0.1) is 6.26 Å². The highest BCUT2D eigenvalue weighted by Gasteiger charge is 2.07. The van der Waals surface area contributed by atoms with Crippen molar-refractivity contribution in [1.82, 2.24) is 0 Å². The van der Waals surface area contributed by atoms with Gasteiger partial charge in [0.2, 0.25) is 5.76 Å². The molecule has 0 atom stereocenters. The van der Waals surface area contributed by atoms with Crippen LogP contribution in [0, 0.1) is 11.3 Å². The number of halogens is 1. The van der Waals surface area contributed by atoms with Gasteiger partial charge < -0.3 is 4.42 Å². The van der Waals surface area contributed by atoms with Crippen LogP contribution in [-0.2, 0) is 6.42 Å². The van der Waals surface area contributed by atoms with Gasteiger partial charge in [-0.25, -0.2) is 0 Å². The maximum atomic E-state index is 8.86. The van der Waals surface area contributed by atoms with Crippen LogP contribution in [0.15, 0.2) is 41.0 Å². The van der Waals surface area contributed by atoms with E-state index in [2.05, 4.69) is 28.1 Å². The third-order valence-electron chi connectivity index (χ3n) is 2.41. The summed E-state index contributed by atoms with van der Waals surface area (Å²) in [5.41, 5.74) is 3.15. The van der Waals surface area contributed by atoms with E-state index in [9.17, 15) is 0 Å². The second kappa shape index (κ2) is 5.00. The highest BCUT2D eigenvalue weighted by molar-refractivity contribution is 9.09. The zero-order valence-electron chi connectivity index (χ0n) is 8.61.